The zero-order valence-electron chi connectivity index (χ0n) is 22.8. The van der Waals surface area contributed by atoms with E-state index in [9.17, 15) is 28.8 Å². The third-order valence-electron chi connectivity index (χ3n) is 5.84. The molecule has 0 spiro atoms. The molecule has 4 N–H and O–H groups in total. The Morgan fingerprint density at radius 2 is 0.976 bits per heavy atom. The first-order valence-electron chi connectivity index (χ1n) is 12.2. The normalized spacial score (nSPS) is 11.3. The number of hydrogen-bond acceptors (Lipinski definition) is 9. The molecule has 2 aromatic heterocycles. The third-order valence-corrected chi connectivity index (χ3v) is 5.84. The van der Waals surface area contributed by atoms with Crippen LogP contribution in [0.3, 0.4) is 0 Å². The second-order valence-corrected chi connectivity index (χ2v) is 10.0. The molecule has 17 heteroatoms. The third kappa shape index (κ3) is 10.4. The average Bonchev–Trinajstić information content (AvgIpc) is 3.45. The first-order chi connectivity index (χ1) is 19.1. The molecule has 224 valence electrons. The lowest BCUT2D eigenvalue weighted by atomic mass is 10.1. The number of carboxylic acids is 4. The Bertz CT molecular complexity index is 1160. The van der Waals surface area contributed by atoms with Crippen molar-refractivity contribution in [1.82, 2.24) is 33.8 Å². The minimum atomic E-state index is -1.35. The van der Waals surface area contributed by atoms with Crippen molar-refractivity contribution in [2.45, 2.75) is 52.5 Å². The number of aliphatic carboxylic acids is 4. The molecule has 0 aliphatic rings. The molecule has 2 heterocycles. The summed E-state index contributed by atoms with van der Waals surface area (Å²) in [6, 6.07) is 0. The van der Waals surface area contributed by atoms with Crippen LogP contribution in [0.2, 0.25) is 0 Å². The molecule has 0 aliphatic heterocycles. The molecule has 17 nitrogen and oxygen atoms in total. The van der Waals surface area contributed by atoms with Gasteiger partial charge in [-0.2, -0.15) is 0 Å². The largest absolute Gasteiger partial charge is 0.480 e. The fraction of sp³-hybridized carbons (Fsp3) is 0.500. The Hall–Kier alpha value is -4.80. The lowest BCUT2D eigenvalue weighted by Crippen LogP contribution is -2.43. The van der Waals surface area contributed by atoms with Crippen LogP contribution in [-0.4, -0.2) is 122 Å². The smallest absolute Gasteiger partial charge is 0.323 e. The highest BCUT2D eigenvalue weighted by Crippen LogP contribution is 2.20. The van der Waals surface area contributed by atoms with Crippen LogP contribution in [0.5, 0.6) is 0 Å². The Morgan fingerprint density at radius 3 is 1.24 bits per heavy atom. The molecule has 0 fully saturated rings. The van der Waals surface area contributed by atoms with E-state index in [-0.39, 0.29) is 26.2 Å². The molecule has 2 aromatic rings. The maximum Gasteiger partial charge on any atom is 0.323 e. The van der Waals surface area contributed by atoms with Gasteiger partial charge >= 0.3 is 23.9 Å². The van der Waals surface area contributed by atoms with E-state index in [2.05, 4.69) is 9.97 Å². The highest BCUT2D eigenvalue weighted by atomic mass is 16.4. The van der Waals surface area contributed by atoms with Gasteiger partial charge in [-0.05, 0) is 20.8 Å². The molecule has 2 amide bonds. The van der Waals surface area contributed by atoms with Crippen molar-refractivity contribution in [3.8, 4) is 0 Å². The standard InChI is InChI=1S/C24H33N7O10/c1-24(2,3)31(8-16-25-4-6-27(16)10-18(32)29(12-20(34)35)13-21(36)37)9-17-26-5-7-28(17)11-19(33)30(14-22(38)39)15-23(40)41/h4-7H,8-15H2,1-3H3,(H,34,35)(H,36,37)(H,38,39)(H,40,41). The first kappa shape index (κ1) is 32.4. The van der Waals surface area contributed by atoms with Crippen LogP contribution in [-0.2, 0) is 54.9 Å². The number of hydrogen-bond donors (Lipinski definition) is 4. The van der Waals surface area contributed by atoms with Crippen LogP contribution in [0.15, 0.2) is 24.8 Å². The number of rotatable bonds is 16. The number of aromatic nitrogens is 4. The van der Waals surface area contributed by atoms with E-state index in [1.165, 1.54) is 33.9 Å². The van der Waals surface area contributed by atoms with E-state index in [0.717, 1.165) is 0 Å². The predicted octanol–water partition coefficient (Wildman–Crippen LogP) is -1.12. The summed E-state index contributed by atoms with van der Waals surface area (Å²) in [5, 5.41) is 36.2. The summed E-state index contributed by atoms with van der Waals surface area (Å²) in [7, 11) is 0. The van der Waals surface area contributed by atoms with Gasteiger partial charge < -0.3 is 39.4 Å². The van der Waals surface area contributed by atoms with Crippen molar-refractivity contribution >= 4 is 35.7 Å². The minimum Gasteiger partial charge on any atom is -0.480 e. The highest BCUT2D eigenvalue weighted by molar-refractivity contribution is 5.85. The van der Waals surface area contributed by atoms with Gasteiger partial charge in [-0.15, -0.1) is 0 Å². The Labute approximate surface area is 234 Å². The summed E-state index contributed by atoms with van der Waals surface area (Å²) in [5.74, 6) is -6.03. The Morgan fingerprint density at radius 1 is 0.659 bits per heavy atom. The quantitative estimate of drug-likeness (QED) is 0.185. The molecule has 0 unspecified atom stereocenters. The average molecular weight is 580 g/mol. The number of carbonyl (C=O) groups is 6. The maximum absolute atomic E-state index is 12.7. The lowest BCUT2D eigenvalue weighted by molar-refractivity contribution is -0.150. The molecule has 0 bridgehead atoms. The fourth-order valence-electron chi connectivity index (χ4n) is 3.75. The van der Waals surface area contributed by atoms with Gasteiger partial charge in [0.2, 0.25) is 11.8 Å². The minimum absolute atomic E-state index is 0.173. The second-order valence-electron chi connectivity index (χ2n) is 10.0. The van der Waals surface area contributed by atoms with Crippen LogP contribution < -0.4 is 0 Å². The van der Waals surface area contributed by atoms with Crippen LogP contribution >= 0.6 is 0 Å². The zero-order chi connectivity index (χ0) is 30.9. The molecule has 2 rings (SSSR count). The van der Waals surface area contributed by atoms with E-state index >= 15 is 0 Å². The van der Waals surface area contributed by atoms with E-state index < -0.39 is 67.4 Å². The number of amides is 2. The number of carbonyl (C=O) groups excluding carboxylic acids is 2. The van der Waals surface area contributed by atoms with Crippen LogP contribution in [0.25, 0.3) is 0 Å². The topological polar surface area (TPSA) is 229 Å². The van der Waals surface area contributed by atoms with E-state index in [1.54, 1.807) is 0 Å². The van der Waals surface area contributed by atoms with Crippen molar-refractivity contribution in [2.75, 3.05) is 26.2 Å². The first-order valence-corrected chi connectivity index (χ1v) is 12.2. The zero-order valence-corrected chi connectivity index (χ0v) is 22.8. The van der Waals surface area contributed by atoms with Crippen molar-refractivity contribution in [1.29, 1.82) is 0 Å². The Balaban J connectivity index is 2.22. The van der Waals surface area contributed by atoms with Crippen LogP contribution in [0, 0.1) is 0 Å². The van der Waals surface area contributed by atoms with Gasteiger partial charge in [0.15, 0.2) is 0 Å². The van der Waals surface area contributed by atoms with Crippen molar-refractivity contribution in [2.24, 2.45) is 0 Å². The molecule has 0 aliphatic carbocycles. The highest BCUT2D eigenvalue weighted by Gasteiger charge is 2.27. The van der Waals surface area contributed by atoms with Crippen LogP contribution in [0.4, 0.5) is 0 Å². The summed E-state index contributed by atoms with van der Waals surface area (Å²) in [6.45, 7) is 2.27. The van der Waals surface area contributed by atoms with Gasteiger partial charge in [0, 0.05) is 30.3 Å². The maximum atomic E-state index is 12.7. The number of carboxylic acid groups (broad SMARTS) is 4. The summed E-state index contributed by atoms with van der Waals surface area (Å²) < 4.78 is 2.95. The van der Waals surface area contributed by atoms with Gasteiger partial charge in [-0.1, -0.05) is 0 Å². The molecule has 41 heavy (non-hydrogen) atoms. The number of nitrogens with zero attached hydrogens (tertiary/aromatic N) is 7. The van der Waals surface area contributed by atoms with E-state index in [4.69, 9.17) is 20.4 Å². The fourth-order valence-corrected chi connectivity index (χ4v) is 3.75. The molecular weight excluding hydrogens is 546 g/mol. The summed E-state index contributed by atoms with van der Waals surface area (Å²) in [5.41, 5.74) is -0.501. The predicted molar refractivity (Wildman–Crippen MR) is 137 cm³/mol. The van der Waals surface area contributed by atoms with Gasteiger partial charge in [-0.3, -0.25) is 33.7 Å². The second kappa shape index (κ2) is 14.0. The molecule has 0 radical (unpaired) electrons. The van der Waals surface area contributed by atoms with Crippen molar-refractivity contribution < 1.29 is 49.2 Å². The molecule has 0 saturated heterocycles. The molecular formula is C24H33N7O10. The number of imidazole rings is 2. The lowest BCUT2D eigenvalue weighted by Gasteiger charge is -2.35. The van der Waals surface area contributed by atoms with E-state index in [0.29, 0.717) is 21.4 Å². The monoisotopic (exact) mass is 579 g/mol. The molecule has 0 saturated carbocycles. The van der Waals surface area contributed by atoms with Gasteiger partial charge in [0.05, 0.1) is 13.1 Å². The van der Waals surface area contributed by atoms with Crippen molar-refractivity contribution in [3.05, 3.63) is 36.4 Å². The van der Waals surface area contributed by atoms with Crippen molar-refractivity contribution in [3.63, 3.8) is 0 Å². The molecule has 0 atom stereocenters. The van der Waals surface area contributed by atoms with Gasteiger partial charge in [0.1, 0.15) is 50.9 Å². The van der Waals surface area contributed by atoms with Crippen LogP contribution in [0.1, 0.15) is 32.4 Å². The summed E-state index contributed by atoms with van der Waals surface area (Å²) in [6.07, 6.45) is 5.91. The van der Waals surface area contributed by atoms with Gasteiger partial charge in [0.25, 0.3) is 0 Å². The molecule has 0 aromatic carbocycles. The summed E-state index contributed by atoms with van der Waals surface area (Å²) >= 11 is 0. The SMILES string of the molecule is CC(C)(C)N(Cc1nccn1CC(=O)N(CC(=O)O)CC(=O)O)Cc1nccn1CC(=O)N(CC(=O)O)CC(=O)O. The Kier molecular flexibility index (Phi) is 11.1. The van der Waals surface area contributed by atoms with Gasteiger partial charge in [-0.25, -0.2) is 9.97 Å². The van der Waals surface area contributed by atoms with E-state index in [1.807, 2.05) is 25.7 Å². The summed E-state index contributed by atoms with van der Waals surface area (Å²) in [4.78, 5) is 81.8.